The molecule has 0 unspecified atom stereocenters. The number of nitrogens with one attached hydrogen (secondary N) is 2. The first-order chi connectivity index (χ1) is 15.3. The minimum absolute atomic E-state index is 0.00307. The average molecular weight is 458 g/mol. The van der Waals surface area contributed by atoms with Crippen LogP contribution in [0.2, 0.25) is 0 Å². The van der Waals surface area contributed by atoms with E-state index in [1.807, 2.05) is 6.92 Å². The summed E-state index contributed by atoms with van der Waals surface area (Å²) in [5.41, 5.74) is 2.26. The highest BCUT2D eigenvalue weighted by Crippen LogP contribution is 2.39. The zero-order valence-corrected chi connectivity index (χ0v) is 18.9. The Morgan fingerprint density at radius 1 is 1.12 bits per heavy atom. The van der Waals surface area contributed by atoms with E-state index in [0.717, 1.165) is 24.1 Å². The number of hydrogen-bond acceptors (Lipinski definition) is 5. The number of carbonyl (C=O) groups is 2. The molecule has 0 aromatic heterocycles. The summed E-state index contributed by atoms with van der Waals surface area (Å²) in [7, 11) is -2.21. The van der Waals surface area contributed by atoms with E-state index in [1.165, 1.54) is 6.07 Å². The van der Waals surface area contributed by atoms with Gasteiger partial charge in [0.1, 0.15) is 5.75 Å². The van der Waals surface area contributed by atoms with Gasteiger partial charge in [-0.3, -0.25) is 9.59 Å². The molecule has 8 nitrogen and oxygen atoms in total. The second-order valence-electron chi connectivity index (χ2n) is 8.25. The molecule has 2 N–H and O–H groups in total. The smallest absolute Gasteiger partial charge is 0.240 e. The number of anilines is 2. The van der Waals surface area contributed by atoms with Gasteiger partial charge in [0, 0.05) is 36.3 Å². The van der Waals surface area contributed by atoms with Crippen molar-refractivity contribution in [2.75, 3.05) is 23.9 Å². The van der Waals surface area contributed by atoms with Crippen LogP contribution in [0.3, 0.4) is 0 Å². The fraction of sp³-hybridized carbons (Fsp3) is 0.391. The van der Waals surface area contributed by atoms with Crippen molar-refractivity contribution in [3.63, 3.8) is 0 Å². The molecule has 1 fully saturated rings. The lowest BCUT2D eigenvalue weighted by atomic mass is 10.1. The Labute approximate surface area is 188 Å². The van der Waals surface area contributed by atoms with Gasteiger partial charge in [0.25, 0.3) is 0 Å². The molecule has 1 aliphatic carbocycles. The van der Waals surface area contributed by atoms with E-state index in [9.17, 15) is 18.0 Å². The molecule has 1 heterocycles. The van der Waals surface area contributed by atoms with Gasteiger partial charge in [-0.2, -0.15) is 0 Å². The molecule has 1 saturated carbocycles. The fourth-order valence-corrected chi connectivity index (χ4v) is 5.00. The van der Waals surface area contributed by atoms with Gasteiger partial charge in [0.15, 0.2) is 0 Å². The van der Waals surface area contributed by atoms with E-state index in [4.69, 9.17) is 4.74 Å². The van der Waals surface area contributed by atoms with Crippen LogP contribution in [0.1, 0.15) is 31.7 Å². The molecule has 2 amide bonds. The quantitative estimate of drug-likeness (QED) is 0.634. The van der Waals surface area contributed by atoms with E-state index >= 15 is 0 Å². The van der Waals surface area contributed by atoms with Crippen molar-refractivity contribution in [3.8, 4) is 5.75 Å². The van der Waals surface area contributed by atoms with Gasteiger partial charge >= 0.3 is 0 Å². The summed E-state index contributed by atoms with van der Waals surface area (Å²) in [5.74, 6) is 0.625. The molecule has 4 rings (SSSR count). The number of rotatable bonds is 8. The van der Waals surface area contributed by atoms with Crippen LogP contribution < -0.4 is 19.7 Å². The van der Waals surface area contributed by atoms with E-state index < -0.39 is 10.0 Å². The Balaban J connectivity index is 1.35. The van der Waals surface area contributed by atoms with E-state index in [0.29, 0.717) is 17.9 Å². The number of methoxy groups -OCH3 is 1. The van der Waals surface area contributed by atoms with Crippen molar-refractivity contribution >= 4 is 33.2 Å². The first-order valence-electron chi connectivity index (χ1n) is 10.7. The van der Waals surface area contributed by atoms with E-state index in [1.54, 1.807) is 48.4 Å². The van der Waals surface area contributed by atoms with Crippen LogP contribution >= 0.6 is 0 Å². The maximum absolute atomic E-state index is 12.7. The first-order valence-corrected chi connectivity index (χ1v) is 12.2. The standard InChI is InChI=1S/C23H27N3O5S/c1-15-13-17-14-20(9-10-21(17)26(15)23(28)16-3-4-16)32(29,30)24-12-11-22(27)25-18-5-7-19(31-2)8-6-18/h5-10,14-16,24H,3-4,11-13H2,1-2H3,(H,25,27)/t15-/m1/s1. The fourth-order valence-electron chi connectivity index (χ4n) is 3.92. The molecule has 1 atom stereocenters. The second-order valence-corrected chi connectivity index (χ2v) is 10.0. The Morgan fingerprint density at radius 2 is 1.84 bits per heavy atom. The summed E-state index contributed by atoms with van der Waals surface area (Å²) in [6, 6.07) is 11.8. The summed E-state index contributed by atoms with van der Waals surface area (Å²) in [4.78, 5) is 26.7. The molecule has 0 radical (unpaired) electrons. The van der Waals surface area contributed by atoms with Gasteiger partial charge in [-0.1, -0.05) is 0 Å². The zero-order chi connectivity index (χ0) is 22.9. The monoisotopic (exact) mass is 457 g/mol. The number of carbonyl (C=O) groups excluding carboxylic acids is 2. The third kappa shape index (κ3) is 4.78. The van der Waals surface area contributed by atoms with Gasteiger partial charge in [-0.05, 0) is 74.2 Å². The van der Waals surface area contributed by atoms with Crippen LogP contribution in [0.25, 0.3) is 0 Å². The number of amides is 2. The minimum atomic E-state index is -3.77. The van der Waals surface area contributed by atoms with Crippen molar-refractivity contribution in [2.45, 2.75) is 43.5 Å². The Morgan fingerprint density at radius 3 is 2.50 bits per heavy atom. The van der Waals surface area contributed by atoms with Gasteiger partial charge in [0.2, 0.25) is 21.8 Å². The highest BCUT2D eigenvalue weighted by molar-refractivity contribution is 7.89. The molecule has 0 saturated heterocycles. The average Bonchev–Trinajstić information content (AvgIpc) is 3.55. The van der Waals surface area contributed by atoms with Gasteiger partial charge in [0.05, 0.1) is 12.0 Å². The van der Waals surface area contributed by atoms with Crippen LogP contribution in [0.15, 0.2) is 47.4 Å². The number of sulfonamides is 1. The third-order valence-electron chi connectivity index (χ3n) is 5.76. The first kappa shape index (κ1) is 22.3. The number of fused-ring (bicyclic) bond motifs is 1. The number of benzene rings is 2. The normalized spacial score (nSPS) is 17.7. The van der Waals surface area contributed by atoms with E-state index in [-0.39, 0.29) is 41.6 Å². The number of hydrogen-bond donors (Lipinski definition) is 2. The van der Waals surface area contributed by atoms with Gasteiger partial charge in [-0.25, -0.2) is 13.1 Å². The lowest BCUT2D eigenvalue weighted by Gasteiger charge is -2.22. The summed E-state index contributed by atoms with van der Waals surface area (Å²) < 4.78 is 33.0. The summed E-state index contributed by atoms with van der Waals surface area (Å²) in [5, 5.41) is 2.72. The predicted molar refractivity (Wildman–Crippen MR) is 121 cm³/mol. The lowest BCUT2D eigenvalue weighted by Crippen LogP contribution is -2.36. The predicted octanol–water partition coefficient (Wildman–Crippen LogP) is 2.69. The molecule has 2 aromatic carbocycles. The molecule has 9 heteroatoms. The van der Waals surface area contributed by atoms with Crippen LogP contribution in [0.5, 0.6) is 5.75 Å². The van der Waals surface area contributed by atoms with Crippen LogP contribution in [0.4, 0.5) is 11.4 Å². The summed E-state index contributed by atoms with van der Waals surface area (Å²) in [6.07, 6.45) is 2.48. The summed E-state index contributed by atoms with van der Waals surface area (Å²) in [6.45, 7) is 1.96. The van der Waals surface area contributed by atoms with Crippen molar-refractivity contribution in [3.05, 3.63) is 48.0 Å². The highest BCUT2D eigenvalue weighted by atomic mass is 32.2. The molecule has 0 bridgehead atoms. The van der Waals surface area contributed by atoms with Crippen LogP contribution in [-0.4, -0.2) is 39.9 Å². The topological polar surface area (TPSA) is 105 Å². The van der Waals surface area contributed by atoms with Crippen molar-refractivity contribution in [2.24, 2.45) is 5.92 Å². The van der Waals surface area contributed by atoms with Crippen molar-refractivity contribution in [1.82, 2.24) is 4.72 Å². The van der Waals surface area contributed by atoms with Crippen LogP contribution in [0, 0.1) is 5.92 Å². The molecular formula is C23H27N3O5S. The number of nitrogens with zero attached hydrogens (tertiary/aromatic N) is 1. The van der Waals surface area contributed by atoms with E-state index in [2.05, 4.69) is 10.0 Å². The van der Waals surface area contributed by atoms with Gasteiger partial charge in [-0.15, -0.1) is 0 Å². The minimum Gasteiger partial charge on any atom is -0.497 e. The summed E-state index contributed by atoms with van der Waals surface area (Å²) >= 11 is 0. The molecule has 2 aromatic rings. The third-order valence-corrected chi connectivity index (χ3v) is 7.22. The highest BCUT2D eigenvalue weighted by Gasteiger charge is 2.39. The Hall–Kier alpha value is -2.91. The maximum atomic E-state index is 12.7. The van der Waals surface area contributed by atoms with Gasteiger partial charge < -0.3 is 15.0 Å². The van der Waals surface area contributed by atoms with Crippen molar-refractivity contribution < 1.29 is 22.7 Å². The second kappa shape index (κ2) is 8.91. The Kier molecular flexibility index (Phi) is 6.21. The van der Waals surface area contributed by atoms with Crippen molar-refractivity contribution in [1.29, 1.82) is 0 Å². The largest absolute Gasteiger partial charge is 0.497 e. The molecule has 170 valence electrons. The number of ether oxygens (including phenoxy) is 1. The molecule has 2 aliphatic rings. The molecule has 1 aliphatic heterocycles. The molecular weight excluding hydrogens is 430 g/mol. The molecule has 32 heavy (non-hydrogen) atoms. The van der Waals surface area contributed by atoms with Crippen LogP contribution in [-0.2, 0) is 26.0 Å². The zero-order valence-electron chi connectivity index (χ0n) is 18.1. The lowest BCUT2D eigenvalue weighted by molar-refractivity contribution is -0.120. The maximum Gasteiger partial charge on any atom is 0.240 e. The molecule has 0 spiro atoms. The SMILES string of the molecule is COc1ccc(NC(=O)CCNS(=O)(=O)c2ccc3c(c2)C[C@@H](C)N3C(=O)C2CC2)cc1. The Bertz CT molecular complexity index is 1130.